The second-order valence-corrected chi connectivity index (χ2v) is 8.49. The number of carbonyl (C=O) groups excluding carboxylic acids is 1. The van der Waals surface area contributed by atoms with E-state index >= 15 is 0 Å². The second-order valence-electron chi connectivity index (χ2n) is 8.49. The van der Waals surface area contributed by atoms with Crippen LogP contribution in [0.4, 0.5) is 17.5 Å². The van der Waals surface area contributed by atoms with Gasteiger partial charge in [-0.25, -0.2) is 9.97 Å². The van der Waals surface area contributed by atoms with E-state index in [0.29, 0.717) is 46.3 Å². The van der Waals surface area contributed by atoms with Crippen molar-refractivity contribution in [3.05, 3.63) is 29.7 Å². The van der Waals surface area contributed by atoms with Crippen molar-refractivity contribution in [1.82, 2.24) is 14.5 Å². The van der Waals surface area contributed by atoms with Gasteiger partial charge in [-0.15, -0.1) is 0 Å². The quantitative estimate of drug-likeness (QED) is 0.501. The summed E-state index contributed by atoms with van der Waals surface area (Å²) in [5.41, 5.74) is 6.80. The number of anilines is 3. The van der Waals surface area contributed by atoms with Crippen LogP contribution in [0.3, 0.4) is 0 Å². The lowest BCUT2D eigenvalue weighted by atomic mass is 9.52. The molecule has 0 bridgehead atoms. The Labute approximate surface area is 170 Å². The fraction of sp³-hybridized carbons (Fsp3) is 0.550. The van der Waals surface area contributed by atoms with Crippen LogP contribution >= 0.6 is 0 Å². The predicted molar refractivity (Wildman–Crippen MR) is 112 cm³/mol. The minimum atomic E-state index is -0.718. The Hall–Kier alpha value is -2.65. The van der Waals surface area contributed by atoms with E-state index in [1.807, 2.05) is 0 Å². The van der Waals surface area contributed by atoms with Crippen LogP contribution < -0.4 is 21.7 Å². The van der Waals surface area contributed by atoms with Gasteiger partial charge < -0.3 is 31.4 Å². The topological polar surface area (TPSA) is 130 Å². The molecule has 0 aromatic carbocycles. The molecule has 2 saturated carbocycles. The SMILES string of the molecule is CNc1ccc(C(=O)Nc2cn(C)c(C(C)O)n2)c(NC2CC3(CC(N)C3)C2)n1. The number of rotatable bonds is 6. The third-order valence-corrected chi connectivity index (χ3v) is 6.01. The molecule has 0 saturated heterocycles. The fourth-order valence-corrected chi connectivity index (χ4v) is 4.67. The van der Waals surface area contributed by atoms with Gasteiger partial charge in [-0.2, -0.15) is 0 Å². The van der Waals surface area contributed by atoms with Gasteiger partial charge in [0, 0.05) is 32.4 Å². The number of hydrogen-bond acceptors (Lipinski definition) is 7. The van der Waals surface area contributed by atoms with Gasteiger partial charge in [-0.3, -0.25) is 4.79 Å². The number of aryl methyl sites for hydroxylation is 1. The summed E-state index contributed by atoms with van der Waals surface area (Å²) in [6.07, 6.45) is 5.26. The van der Waals surface area contributed by atoms with Crippen molar-refractivity contribution in [3.63, 3.8) is 0 Å². The van der Waals surface area contributed by atoms with E-state index < -0.39 is 6.10 Å². The maximum Gasteiger partial charge on any atom is 0.260 e. The highest BCUT2D eigenvalue weighted by Crippen LogP contribution is 2.55. The summed E-state index contributed by atoms with van der Waals surface area (Å²) in [6, 6.07) is 4.16. The predicted octanol–water partition coefficient (Wildman–Crippen LogP) is 1.84. The number of carbonyl (C=O) groups is 1. The Morgan fingerprint density at radius 3 is 2.59 bits per heavy atom. The second kappa shape index (κ2) is 7.31. The zero-order valence-electron chi connectivity index (χ0n) is 17.1. The first kappa shape index (κ1) is 19.7. The van der Waals surface area contributed by atoms with Gasteiger partial charge in [0.2, 0.25) is 0 Å². The number of amides is 1. The Kier molecular flexibility index (Phi) is 4.95. The smallest absolute Gasteiger partial charge is 0.260 e. The van der Waals surface area contributed by atoms with Gasteiger partial charge in [0.25, 0.3) is 5.91 Å². The average Bonchev–Trinajstić information content (AvgIpc) is 2.98. The molecule has 9 nitrogen and oxygen atoms in total. The van der Waals surface area contributed by atoms with Crippen LogP contribution in [0, 0.1) is 5.41 Å². The average molecular weight is 399 g/mol. The molecule has 2 aliphatic carbocycles. The first-order valence-corrected chi connectivity index (χ1v) is 10.0. The molecule has 6 N–H and O–H groups in total. The normalized spacial score (nSPS) is 26.4. The van der Waals surface area contributed by atoms with Gasteiger partial charge in [0.05, 0.1) is 5.56 Å². The number of aliphatic hydroxyl groups excluding tert-OH is 1. The molecule has 2 fully saturated rings. The van der Waals surface area contributed by atoms with Crippen molar-refractivity contribution < 1.29 is 9.90 Å². The molecule has 2 aromatic rings. The molecule has 2 aliphatic rings. The molecule has 156 valence electrons. The Morgan fingerprint density at radius 1 is 1.28 bits per heavy atom. The summed E-state index contributed by atoms with van der Waals surface area (Å²) in [7, 11) is 3.57. The molecule has 29 heavy (non-hydrogen) atoms. The van der Waals surface area contributed by atoms with Gasteiger partial charge in [0.1, 0.15) is 23.6 Å². The zero-order valence-corrected chi connectivity index (χ0v) is 17.1. The van der Waals surface area contributed by atoms with Crippen molar-refractivity contribution in [2.24, 2.45) is 18.2 Å². The Balaban J connectivity index is 1.49. The molecule has 0 aliphatic heterocycles. The standard InChI is InChI=1S/C20H29N7O2/c1-11(28)18-25-16(10-27(18)3)26-19(29)14-4-5-15(22-2)24-17(14)23-13-8-20(9-13)6-12(21)7-20/h4-5,10-13,28H,6-9,21H2,1-3H3,(H,26,29)(H2,22,23,24). The van der Waals surface area contributed by atoms with Gasteiger partial charge in [-0.1, -0.05) is 0 Å². The first-order valence-electron chi connectivity index (χ1n) is 10.0. The highest BCUT2D eigenvalue weighted by Gasteiger charge is 2.51. The molecule has 1 atom stereocenters. The molecule has 1 unspecified atom stereocenters. The number of nitrogens with zero attached hydrogens (tertiary/aromatic N) is 3. The van der Waals surface area contributed by atoms with Crippen LogP contribution in [-0.4, -0.2) is 44.7 Å². The van der Waals surface area contributed by atoms with Gasteiger partial charge in [0.15, 0.2) is 5.82 Å². The van der Waals surface area contributed by atoms with E-state index in [1.54, 1.807) is 43.9 Å². The number of hydrogen-bond donors (Lipinski definition) is 5. The number of aromatic nitrogens is 3. The zero-order chi connectivity index (χ0) is 20.8. The Morgan fingerprint density at radius 2 is 2.00 bits per heavy atom. The molecule has 9 heteroatoms. The van der Waals surface area contributed by atoms with Crippen LogP contribution in [0.2, 0.25) is 0 Å². The molecular formula is C20H29N7O2. The number of aliphatic hydroxyl groups is 1. The van der Waals surface area contributed by atoms with Crippen molar-refractivity contribution in [2.45, 2.75) is 50.8 Å². The van der Waals surface area contributed by atoms with Gasteiger partial charge >= 0.3 is 0 Å². The van der Waals surface area contributed by atoms with Crippen molar-refractivity contribution in [1.29, 1.82) is 0 Å². The largest absolute Gasteiger partial charge is 0.385 e. The van der Waals surface area contributed by atoms with Crippen molar-refractivity contribution in [3.8, 4) is 0 Å². The summed E-state index contributed by atoms with van der Waals surface area (Å²) in [6.45, 7) is 1.64. The number of nitrogens with two attached hydrogens (primary N) is 1. The van der Waals surface area contributed by atoms with E-state index in [-0.39, 0.29) is 5.91 Å². The molecule has 2 aromatic heterocycles. The van der Waals surface area contributed by atoms with Crippen LogP contribution in [0.5, 0.6) is 0 Å². The van der Waals surface area contributed by atoms with Crippen LogP contribution in [-0.2, 0) is 7.05 Å². The summed E-state index contributed by atoms with van der Waals surface area (Å²) in [4.78, 5) is 21.8. The summed E-state index contributed by atoms with van der Waals surface area (Å²) < 4.78 is 1.69. The van der Waals surface area contributed by atoms with E-state index in [0.717, 1.165) is 25.7 Å². The lowest BCUT2D eigenvalue weighted by Crippen LogP contribution is -2.57. The third kappa shape index (κ3) is 3.79. The highest BCUT2D eigenvalue weighted by atomic mass is 16.3. The maximum absolute atomic E-state index is 12.9. The lowest BCUT2D eigenvalue weighted by molar-refractivity contribution is 0.00110. The van der Waals surface area contributed by atoms with E-state index in [1.165, 1.54) is 0 Å². The van der Waals surface area contributed by atoms with Crippen molar-refractivity contribution >= 4 is 23.4 Å². The van der Waals surface area contributed by atoms with Crippen molar-refractivity contribution in [2.75, 3.05) is 23.0 Å². The molecular weight excluding hydrogens is 370 g/mol. The third-order valence-electron chi connectivity index (χ3n) is 6.01. The summed E-state index contributed by atoms with van der Waals surface area (Å²) in [5, 5.41) is 19.0. The first-order chi connectivity index (χ1) is 13.8. The number of imidazole rings is 1. The monoisotopic (exact) mass is 399 g/mol. The molecule has 4 rings (SSSR count). The molecule has 0 radical (unpaired) electrons. The van der Waals surface area contributed by atoms with Gasteiger partial charge in [-0.05, 0) is 50.2 Å². The van der Waals surface area contributed by atoms with E-state index in [4.69, 9.17) is 5.73 Å². The van der Waals surface area contributed by atoms with E-state index in [9.17, 15) is 9.90 Å². The fourth-order valence-electron chi connectivity index (χ4n) is 4.67. The van der Waals surface area contributed by atoms with Crippen LogP contribution in [0.25, 0.3) is 0 Å². The minimum Gasteiger partial charge on any atom is -0.385 e. The van der Waals surface area contributed by atoms with E-state index in [2.05, 4.69) is 25.9 Å². The Bertz CT molecular complexity index is 910. The molecule has 1 amide bonds. The molecule has 1 spiro atoms. The lowest BCUT2D eigenvalue weighted by Gasteiger charge is -2.57. The maximum atomic E-state index is 12.9. The van der Waals surface area contributed by atoms with Crippen LogP contribution in [0.1, 0.15) is 54.9 Å². The minimum absolute atomic E-state index is 0.294. The summed E-state index contributed by atoms with van der Waals surface area (Å²) in [5.74, 6) is 1.84. The van der Waals surface area contributed by atoms with Crippen LogP contribution in [0.15, 0.2) is 18.3 Å². The number of pyridine rings is 1. The number of nitrogens with one attached hydrogen (secondary N) is 3. The molecule has 2 heterocycles. The highest BCUT2D eigenvalue weighted by molar-refractivity contribution is 6.07. The summed E-state index contributed by atoms with van der Waals surface area (Å²) >= 11 is 0.